The van der Waals surface area contributed by atoms with Crippen molar-refractivity contribution in [3.63, 3.8) is 0 Å². The Bertz CT molecular complexity index is 194. The van der Waals surface area contributed by atoms with Gasteiger partial charge in [0, 0.05) is 24.7 Å². The molecule has 1 saturated carbocycles. The lowest BCUT2D eigenvalue weighted by Crippen LogP contribution is -2.57. The van der Waals surface area contributed by atoms with Gasteiger partial charge >= 0.3 is 0 Å². The van der Waals surface area contributed by atoms with E-state index in [0.29, 0.717) is 6.10 Å². The summed E-state index contributed by atoms with van der Waals surface area (Å²) in [5.41, 5.74) is 6.09. The fourth-order valence-electron chi connectivity index (χ4n) is 2.32. The maximum Gasteiger partial charge on any atom is 0.0590 e. The third kappa shape index (κ3) is 2.27. The van der Waals surface area contributed by atoms with Crippen molar-refractivity contribution in [2.75, 3.05) is 13.2 Å². The maximum absolute atomic E-state index is 5.91. The van der Waals surface area contributed by atoms with Crippen molar-refractivity contribution in [2.24, 2.45) is 5.73 Å². The Kier molecular flexibility index (Phi) is 3.10. The molecule has 0 aromatic rings. The molecule has 1 saturated heterocycles. The molecule has 2 rings (SSSR count). The standard InChI is InChI=1S/C11H22N2O/c1-2-10-7-11(8-12,5-6-14-10)13-9-3-4-9/h9-10,13H,2-8,12H2,1H3. The summed E-state index contributed by atoms with van der Waals surface area (Å²) >= 11 is 0. The number of hydrogen-bond acceptors (Lipinski definition) is 3. The van der Waals surface area contributed by atoms with Crippen LogP contribution in [0.2, 0.25) is 0 Å². The van der Waals surface area contributed by atoms with E-state index in [1.54, 1.807) is 0 Å². The highest BCUT2D eigenvalue weighted by Crippen LogP contribution is 2.30. The van der Waals surface area contributed by atoms with Crippen LogP contribution in [-0.4, -0.2) is 30.8 Å². The van der Waals surface area contributed by atoms with Crippen LogP contribution >= 0.6 is 0 Å². The molecule has 2 unspecified atom stereocenters. The molecule has 1 aliphatic carbocycles. The molecule has 1 heterocycles. The van der Waals surface area contributed by atoms with E-state index in [2.05, 4.69) is 12.2 Å². The summed E-state index contributed by atoms with van der Waals surface area (Å²) in [5.74, 6) is 0. The van der Waals surface area contributed by atoms with E-state index in [0.717, 1.165) is 38.5 Å². The Morgan fingerprint density at radius 2 is 2.29 bits per heavy atom. The van der Waals surface area contributed by atoms with E-state index in [1.807, 2.05) is 0 Å². The molecule has 1 aliphatic heterocycles. The SMILES string of the molecule is CCC1CC(CN)(NC2CC2)CCO1. The molecule has 0 radical (unpaired) electrons. The zero-order valence-corrected chi connectivity index (χ0v) is 9.09. The van der Waals surface area contributed by atoms with Crippen molar-refractivity contribution in [3.05, 3.63) is 0 Å². The van der Waals surface area contributed by atoms with Crippen LogP contribution in [0.4, 0.5) is 0 Å². The molecular weight excluding hydrogens is 176 g/mol. The topological polar surface area (TPSA) is 47.3 Å². The van der Waals surface area contributed by atoms with Crippen molar-refractivity contribution in [2.45, 2.75) is 56.7 Å². The van der Waals surface area contributed by atoms with Gasteiger partial charge in [0.15, 0.2) is 0 Å². The molecule has 0 aromatic heterocycles. The predicted molar refractivity (Wildman–Crippen MR) is 57.2 cm³/mol. The normalized spacial score (nSPS) is 38.6. The van der Waals surface area contributed by atoms with Gasteiger partial charge in [-0.3, -0.25) is 0 Å². The summed E-state index contributed by atoms with van der Waals surface area (Å²) in [4.78, 5) is 0. The number of ether oxygens (including phenoxy) is 1. The molecule has 0 aromatic carbocycles. The van der Waals surface area contributed by atoms with Crippen LogP contribution in [0.15, 0.2) is 0 Å². The molecule has 0 spiro atoms. The van der Waals surface area contributed by atoms with E-state index in [4.69, 9.17) is 10.5 Å². The van der Waals surface area contributed by atoms with E-state index < -0.39 is 0 Å². The third-order valence-electron chi connectivity index (χ3n) is 3.49. The lowest BCUT2D eigenvalue weighted by atomic mass is 9.85. The molecule has 2 atom stereocenters. The van der Waals surface area contributed by atoms with Crippen molar-refractivity contribution in [1.29, 1.82) is 0 Å². The number of rotatable bonds is 4. The quantitative estimate of drug-likeness (QED) is 0.709. The highest BCUT2D eigenvalue weighted by atomic mass is 16.5. The zero-order valence-electron chi connectivity index (χ0n) is 9.09. The van der Waals surface area contributed by atoms with Crippen molar-refractivity contribution in [3.8, 4) is 0 Å². The van der Waals surface area contributed by atoms with Crippen molar-refractivity contribution < 1.29 is 4.74 Å². The summed E-state index contributed by atoms with van der Waals surface area (Å²) < 4.78 is 5.69. The van der Waals surface area contributed by atoms with Gasteiger partial charge in [0.25, 0.3) is 0 Å². The van der Waals surface area contributed by atoms with Crippen LogP contribution < -0.4 is 11.1 Å². The number of nitrogens with one attached hydrogen (secondary N) is 1. The van der Waals surface area contributed by atoms with Gasteiger partial charge in [-0.25, -0.2) is 0 Å². The second-order valence-electron chi connectivity index (χ2n) is 4.76. The van der Waals surface area contributed by atoms with Crippen molar-refractivity contribution >= 4 is 0 Å². The molecule has 2 fully saturated rings. The zero-order chi connectivity index (χ0) is 10.0. The van der Waals surface area contributed by atoms with Crippen molar-refractivity contribution in [1.82, 2.24) is 5.32 Å². The Balaban J connectivity index is 1.94. The molecule has 82 valence electrons. The Morgan fingerprint density at radius 1 is 1.50 bits per heavy atom. The van der Waals surface area contributed by atoms with Crippen LogP contribution in [0.5, 0.6) is 0 Å². The van der Waals surface area contributed by atoms with E-state index in [1.165, 1.54) is 12.8 Å². The second-order valence-corrected chi connectivity index (χ2v) is 4.76. The summed E-state index contributed by atoms with van der Waals surface area (Å²) in [6.07, 6.45) is 6.36. The lowest BCUT2D eigenvalue weighted by molar-refractivity contribution is -0.0284. The lowest BCUT2D eigenvalue weighted by Gasteiger charge is -2.41. The molecular formula is C11H22N2O. The van der Waals surface area contributed by atoms with Gasteiger partial charge in [-0.2, -0.15) is 0 Å². The minimum atomic E-state index is 0.181. The second kappa shape index (κ2) is 4.17. The first-order valence-corrected chi connectivity index (χ1v) is 5.87. The van der Waals surface area contributed by atoms with Gasteiger partial charge in [-0.05, 0) is 32.1 Å². The highest BCUT2D eigenvalue weighted by Gasteiger charge is 2.39. The van der Waals surface area contributed by atoms with Crippen LogP contribution in [-0.2, 0) is 4.74 Å². The largest absolute Gasteiger partial charge is 0.378 e. The molecule has 3 nitrogen and oxygen atoms in total. The molecule has 3 N–H and O–H groups in total. The number of hydrogen-bond donors (Lipinski definition) is 2. The molecule has 3 heteroatoms. The highest BCUT2D eigenvalue weighted by molar-refractivity contribution is 4.99. The average Bonchev–Trinajstić information content (AvgIpc) is 3.02. The van der Waals surface area contributed by atoms with Gasteiger partial charge in [-0.1, -0.05) is 6.92 Å². The van der Waals surface area contributed by atoms with Crippen LogP contribution in [0.3, 0.4) is 0 Å². The van der Waals surface area contributed by atoms with E-state index in [-0.39, 0.29) is 5.54 Å². The summed E-state index contributed by atoms with van der Waals surface area (Å²) in [6, 6.07) is 0.745. The third-order valence-corrected chi connectivity index (χ3v) is 3.49. The minimum absolute atomic E-state index is 0.181. The van der Waals surface area contributed by atoms with E-state index in [9.17, 15) is 0 Å². The van der Waals surface area contributed by atoms with Crippen LogP contribution in [0, 0.1) is 0 Å². The minimum Gasteiger partial charge on any atom is -0.378 e. The monoisotopic (exact) mass is 198 g/mol. The molecule has 14 heavy (non-hydrogen) atoms. The maximum atomic E-state index is 5.91. The first-order chi connectivity index (χ1) is 6.78. The van der Waals surface area contributed by atoms with Gasteiger partial charge < -0.3 is 15.8 Å². The average molecular weight is 198 g/mol. The van der Waals surface area contributed by atoms with Gasteiger partial charge in [0.2, 0.25) is 0 Å². The Hall–Kier alpha value is -0.120. The first kappa shape index (κ1) is 10.4. The Morgan fingerprint density at radius 3 is 2.86 bits per heavy atom. The van der Waals surface area contributed by atoms with Crippen LogP contribution in [0.25, 0.3) is 0 Å². The van der Waals surface area contributed by atoms with Crippen LogP contribution in [0.1, 0.15) is 39.0 Å². The fourth-order valence-corrected chi connectivity index (χ4v) is 2.32. The predicted octanol–water partition coefficient (Wildman–Crippen LogP) is 1.02. The first-order valence-electron chi connectivity index (χ1n) is 5.87. The summed E-state index contributed by atoms with van der Waals surface area (Å²) in [6.45, 7) is 3.81. The molecule has 2 aliphatic rings. The summed E-state index contributed by atoms with van der Waals surface area (Å²) in [7, 11) is 0. The van der Waals surface area contributed by atoms with E-state index >= 15 is 0 Å². The molecule has 0 amide bonds. The Labute approximate surface area is 86.4 Å². The fraction of sp³-hybridized carbons (Fsp3) is 1.00. The van der Waals surface area contributed by atoms with Gasteiger partial charge in [0.1, 0.15) is 0 Å². The van der Waals surface area contributed by atoms with Gasteiger partial charge in [0.05, 0.1) is 6.10 Å². The smallest absolute Gasteiger partial charge is 0.0590 e. The summed E-state index contributed by atoms with van der Waals surface area (Å²) in [5, 5.41) is 3.72. The number of nitrogens with two attached hydrogens (primary N) is 1. The van der Waals surface area contributed by atoms with Gasteiger partial charge in [-0.15, -0.1) is 0 Å². The molecule has 0 bridgehead atoms.